The lowest BCUT2D eigenvalue weighted by Gasteiger charge is -2.23. The Labute approximate surface area is 134 Å². The smallest absolute Gasteiger partial charge is 0.242 e. The van der Waals surface area contributed by atoms with E-state index in [-0.39, 0.29) is 26.5 Å². The van der Waals surface area contributed by atoms with Crippen LogP contribution in [0.5, 0.6) is 0 Å². The van der Waals surface area contributed by atoms with Crippen molar-refractivity contribution < 1.29 is 13.5 Å². The minimum atomic E-state index is -3.70. The number of aliphatic hydroxyl groups is 1. The van der Waals surface area contributed by atoms with Gasteiger partial charge in [0.1, 0.15) is 4.90 Å². The standard InChI is InChI=1S/C14H17Cl2NO3S/c15-11-3-4-13(14(16)10(11)7-18)21(19,20)17-12-6-8-1-2-9(12)5-8/h3-4,8-9,12,17-18H,1-2,5-7H2. The largest absolute Gasteiger partial charge is 0.392 e. The first-order valence-electron chi connectivity index (χ1n) is 7.02. The van der Waals surface area contributed by atoms with Gasteiger partial charge in [-0.3, -0.25) is 0 Å². The fourth-order valence-corrected chi connectivity index (χ4v) is 5.80. The molecule has 0 spiro atoms. The summed E-state index contributed by atoms with van der Waals surface area (Å²) in [5.41, 5.74) is 0.245. The number of fused-ring (bicyclic) bond motifs is 2. The van der Waals surface area contributed by atoms with E-state index in [0.29, 0.717) is 11.8 Å². The van der Waals surface area contributed by atoms with Gasteiger partial charge in [-0.15, -0.1) is 0 Å². The number of rotatable bonds is 4. The summed E-state index contributed by atoms with van der Waals surface area (Å²) in [6.07, 6.45) is 4.32. The maximum Gasteiger partial charge on any atom is 0.242 e. The molecule has 2 N–H and O–H groups in total. The van der Waals surface area contributed by atoms with Crippen molar-refractivity contribution in [3.63, 3.8) is 0 Å². The summed E-state index contributed by atoms with van der Waals surface area (Å²) in [5.74, 6) is 1.09. The highest BCUT2D eigenvalue weighted by molar-refractivity contribution is 7.89. The Balaban J connectivity index is 1.88. The Hall–Kier alpha value is -0.330. The van der Waals surface area contributed by atoms with E-state index in [1.54, 1.807) is 0 Å². The van der Waals surface area contributed by atoms with Crippen LogP contribution < -0.4 is 4.72 Å². The van der Waals surface area contributed by atoms with Crippen LogP contribution in [0.25, 0.3) is 0 Å². The molecule has 3 unspecified atom stereocenters. The van der Waals surface area contributed by atoms with Crippen LogP contribution in [0.2, 0.25) is 10.0 Å². The summed E-state index contributed by atoms with van der Waals surface area (Å²) in [4.78, 5) is -0.0135. The molecule has 2 saturated carbocycles. The summed E-state index contributed by atoms with van der Waals surface area (Å²) < 4.78 is 27.9. The van der Waals surface area contributed by atoms with Crippen molar-refractivity contribution in [1.29, 1.82) is 0 Å². The quantitative estimate of drug-likeness (QED) is 0.877. The predicted octanol–water partition coefficient (Wildman–Crippen LogP) is 2.95. The summed E-state index contributed by atoms with van der Waals surface area (Å²) in [7, 11) is -3.70. The first-order valence-corrected chi connectivity index (χ1v) is 9.26. The van der Waals surface area contributed by atoms with Gasteiger partial charge in [0.05, 0.1) is 11.6 Å². The average molecular weight is 350 g/mol. The molecule has 1 aromatic carbocycles. The highest BCUT2D eigenvalue weighted by atomic mass is 35.5. The molecule has 116 valence electrons. The van der Waals surface area contributed by atoms with Crippen LogP contribution >= 0.6 is 23.2 Å². The third kappa shape index (κ3) is 2.82. The Bertz CT molecular complexity index is 662. The van der Waals surface area contributed by atoms with Gasteiger partial charge >= 0.3 is 0 Å². The first-order chi connectivity index (χ1) is 9.92. The second-order valence-corrected chi connectivity index (χ2v) is 8.37. The fraction of sp³-hybridized carbons (Fsp3) is 0.571. The topological polar surface area (TPSA) is 66.4 Å². The molecular formula is C14H17Cl2NO3S. The van der Waals surface area contributed by atoms with Crippen molar-refractivity contribution >= 4 is 33.2 Å². The fourth-order valence-electron chi connectivity index (χ4n) is 3.58. The number of hydrogen-bond acceptors (Lipinski definition) is 3. The van der Waals surface area contributed by atoms with Crippen LogP contribution in [0, 0.1) is 11.8 Å². The van der Waals surface area contributed by atoms with Crippen molar-refractivity contribution in [2.75, 3.05) is 0 Å². The van der Waals surface area contributed by atoms with Gasteiger partial charge in [-0.05, 0) is 43.2 Å². The van der Waals surface area contributed by atoms with E-state index in [9.17, 15) is 13.5 Å². The Morgan fingerprint density at radius 3 is 2.57 bits per heavy atom. The molecule has 2 fully saturated rings. The minimum Gasteiger partial charge on any atom is -0.392 e. The molecule has 0 heterocycles. The molecule has 2 aliphatic rings. The zero-order chi connectivity index (χ0) is 15.2. The molecule has 0 saturated heterocycles. The van der Waals surface area contributed by atoms with Gasteiger partial charge in [0, 0.05) is 16.6 Å². The van der Waals surface area contributed by atoms with Gasteiger partial charge < -0.3 is 5.11 Å². The molecule has 3 atom stereocenters. The van der Waals surface area contributed by atoms with Gasteiger partial charge in [-0.1, -0.05) is 29.6 Å². The number of benzene rings is 1. The lowest BCUT2D eigenvalue weighted by molar-refractivity contribution is 0.281. The van der Waals surface area contributed by atoms with Crippen molar-refractivity contribution in [3.05, 3.63) is 27.7 Å². The monoisotopic (exact) mass is 349 g/mol. The molecule has 1 aromatic rings. The van der Waals surface area contributed by atoms with E-state index >= 15 is 0 Å². The van der Waals surface area contributed by atoms with Crippen molar-refractivity contribution in [1.82, 2.24) is 4.72 Å². The molecule has 0 aliphatic heterocycles. The SMILES string of the molecule is O=S(=O)(NC1CC2CCC1C2)c1ccc(Cl)c(CO)c1Cl. The number of nitrogens with one attached hydrogen (secondary N) is 1. The number of halogens is 2. The number of aliphatic hydroxyl groups excluding tert-OH is 1. The van der Waals surface area contributed by atoms with E-state index in [4.69, 9.17) is 23.2 Å². The zero-order valence-electron chi connectivity index (χ0n) is 11.4. The molecular weight excluding hydrogens is 333 g/mol. The zero-order valence-corrected chi connectivity index (χ0v) is 13.7. The summed E-state index contributed by atoms with van der Waals surface area (Å²) in [6, 6.07) is 2.84. The van der Waals surface area contributed by atoms with Gasteiger partial charge in [0.25, 0.3) is 0 Å². The van der Waals surface area contributed by atoms with E-state index < -0.39 is 16.6 Å². The van der Waals surface area contributed by atoms with Crippen LogP contribution in [-0.2, 0) is 16.6 Å². The first kappa shape index (κ1) is 15.6. The molecule has 0 aromatic heterocycles. The maximum absolute atomic E-state index is 12.5. The van der Waals surface area contributed by atoms with Gasteiger partial charge in [0.15, 0.2) is 0 Å². The van der Waals surface area contributed by atoms with Crippen LogP contribution in [0.1, 0.15) is 31.2 Å². The summed E-state index contributed by atoms with van der Waals surface area (Å²) in [5, 5.41) is 9.54. The molecule has 2 bridgehead atoms. The van der Waals surface area contributed by atoms with Crippen LogP contribution in [0.15, 0.2) is 17.0 Å². The lowest BCUT2D eigenvalue weighted by atomic mass is 9.96. The van der Waals surface area contributed by atoms with E-state index in [2.05, 4.69) is 4.72 Å². The molecule has 7 heteroatoms. The van der Waals surface area contributed by atoms with Gasteiger partial charge in [-0.2, -0.15) is 0 Å². The van der Waals surface area contributed by atoms with E-state index in [1.165, 1.54) is 18.6 Å². The lowest BCUT2D eigenvalue weighted by Crippen LogP contribution is -2.38. The number of hydrogen-bond donors (Lipinski definition) is 2. The molecule has 2 aliphatic carbocycles. The number of sulfonamides is 1. The highest BCUT2D eigenvalue weighted by Gasteiger charge is 2.41. The van der Waals surface area contributed by atoms with Crippen LogP contribution in [0.4, 0.5) is 0 Å². The third-order valence-corrected chi connectivity index (χ3v) is 7.07. The molecule has 21 heavy (non-hydrogen) atoms. The van der Waals surface area contributed by atoms with E-state index in [1.807, 2.05) is 0 Å². The van der Waals surface area contributed by atoms with Crippen LogP contribution in [0.3, 0.4) is 0 Å². The molecule has 3 rings (SSSR count). The predicted molar refractivity (Wildman–Crippen MR) is 81.9 cm³/mol. The molecule has 4 nitrogen and oxygen atoms in total. The van der Waals surface area contributed by atoms with Gasteiger partial charge in [0.2, 0.25) is 10.0 Å². The summed E-state index contributed by atoms with van der Waals surface area (Å²) >= 11 is 12.0. The maximum atomic E-state index is 12.5. The van der Waals surface area contributed by atoms with Crippen molar-refractivity contribution in [3.8, 4) is 0 Å². The van der Waals surface area contributed by atoms with Crippen LogP contribution in [-0.4, -0.2) is 19.6 Å². The van der Waals surface area contributed by atoms with E-state index in [0.717, 1.165) is 19.3 Å². The van der Waals surface area contributed by atoms with Gasteiger partial charge in [-0.25, -0.2) is 13.1 Å². The average Bonchev–Trinajstić information content (AvgIpc) is 3.00. The Morgan fingerprint density at radius 2 is 2.00 bits per heavy atom. The molecule has 0 amide bonds. The van der Waals surface area contributed by atoms with Crippen molar-refractivity contribution in [2.24, 2.45) is 11.8 Å². The Kier molecular flexibility index (Phi) is 4.23. The second-order valence-electron chi connectivity index (χ2n) is 5.90. The Morgan fingerprint density at radius 1 is 1.24 bits per heavy atom. The second kappa shape index (κ2) is 5.70. The van der Waals surface area contributed by atoms with Crippen molar-refractivity contribution in [2.45, 2.75) is 43.2 Å². The third-order valence-electron chi connectivity index (χ3n) is 4.64. The molecule has 0 radical (unpaired) electrons. The normalized spacial score (nSPS) is 28.2. The highest BCUT2D eigenvalue weighted by Crippen LogP contribution is 2.45. The minimum absolute atomic E-state index is 0.000608. The summed E-state index contributed by atoms with van der Waals surface area (Å²) in [6.45, 7) is -0.394.